The van der Waals surface area contributed by atoms with Gasteiger partial charge in [-0.1, -0.05) is 19.3 Å². The second-order valence-electron chi connectivity index (χ2n) is 5.28. The fraction of sp³-hybridized carbons (Fsp3) is 0.533. The largest absolute Gasteiger partial charge is 0.396 e. The van der Waals surface area contributed by atoms with Crippen molar-refractivity contribution in [3.63, 3.8) is 0 Å². The topological polar surface area (TPSA) is 49.3 Å². The van der Waals surface area contributed by atoms with Crippen LogP contribution in [0.25, 0.3) is 0 Å². The number of aliphatic hydroxyl groups is 1. The van der Waals surface area contributed by atoms with Gasteiger partial charge < -0.3 is 10.4 Å². The van der Waals surface area contributed by atoms with Crippen LogP contribution in [-0.2, 0) is 0 Å². The summed E-state index contributed by atoms with van der Waals surface area (Å²) >= 11 is 0. The highest BCUT2D eigenvalue weighted by molar-refractivity contribution is 5.94. The number of hydrogen-bond donors (Lipinski definition) is 2. The Morgan fingerprint density at radius 1 is 1.25 bits per heavy atom. The fourth-order valence-electron chi connectivity index (χ4n) is 2.71. The number of halogens is 2. The number of aliphatic hydroxyl groups excluding tert-OH is 1. The third-order valence-electron chi connectivity index (χ3n) is 3.88. The van der Waals surface area contributed by atoms with Crippen molar-refractivity contribution in [3.05, 3.63) is 35.4 Å². The Balaban J connectivity index is 2.11. The van der Waals surface area contributed by atoms with Gasteiger partial charge in [-0.05, 0) is 31.0 Å². The number of carbonyl (C=O) groups is 1. The number of hydrogen-bond acceptors (Lipinski definition) is 2. The molecule has 1 fully saturated rings. The molecule has 1 aromatic carbocycles. The fourth-order valence-corrected chi connectivity index (χ4v) is 2.71. The summed E-state index contributed by atoms with van der Waals surface area (Å²) in [4.78, 5) is 12.1. The van der Waals surface area contributed by atoms with E-state index in [1.54, 1.807) is 0 Å². The summed E-state index contributed by atoms with van der Waals surface area (Å²) in [7, 11) is 0. The monoisotopic (exact) mass is 283 g/mol. The lowest BCUT2D eigenvalue weighted by Crippen LogP contribution is -2.41. The first-order valence-corrected chi connectivity index (χ1v) is 6.98. The maximum absolute atomic E-state index is 13.6. The molecule has 0 aliphatic heterocycles. The minimum Gasteiger partial charge on any atom is -0.396 e. The molecule has 2 N–H and O–H groups in total. The highest BCUT2D eigenvalue weighted by Gasteiger charge is 2.25. The Morgan fingerprint density at radius 3 is 2.75 bits per heavy atom. The van der Waals surface area contributed by atoms with Gasteiger partial charge in [0.15, 0.2) is 0 Å². The van der Waals surface area contributed by atoms with E-state index in [2.05, 4.69) is 5.32 Å². The summed E-state index contributed by atoms with van der Waals surface area (Å²) in [5.74, 6) is -2.01. The van der Waals surface area contributed by atoms with E-state index in [0.717, 1.165) is 50.3 Å². The van der Waals surface area contributed by atoms with Crippen LogP contribution in [-0.4, -0.2) is 23.7 Å². The summed E-state index contributed by atoms with van der Waals surface area (Å²) in [6.45, 7) is -0.00339. The molecular formula is C15H19F2NO2. The first-order chi connectivity index (χ1) is 9.61. The van der Waals surface area contributed by atoms with Crippen LogP contribution in [0.1, 0.15) is 42.5 Å². The van der Waals surface area contributed by atoms with Crippen molar-refractivity contribution in [1.82, 2.24) is 5.32 Å². The smallest absolute Gasteiger partial charge is 0.254 e. The molecule has 0 saturated heterocycles. The van der Waals surface area contributed by atoms with Gasteiger partial charge in [-0.15, -0.1) is 0 Å². The molecule has 1 aliphatic rings. The average molecular weight is 283 g/mol. The van der Waals surface area contributed by atoms with Gasteiger partial charge in [-0.2, -0.15) is 0 Å². The Kier molecular flexibility index (Phi) is 5.06. The minimum absolute atomic E-state index is 0.00339. The van der Waals surface area contributed by atoms with E-state index >= 15 is 0 Å². The highest BCUT2D eigenvalue weighted by atomic mass is 19.1. The molecular weight excluding hydrogens is 264 g/mol. The van der Waals surface area contributed by atoms with Gasteiger partial charge in [0.05, 0.1) is 5.56 Å². The Bertz CT molecular complexity index is 479. The van der Waals surface area contributed by atoms with Crippen LogP contribution in [0, 0.1) is 17.6 Å². The van der Waals surface area contributed by atoms with Crippen molar-refractivity contribution in [3.8, 4) is 0 Å². The van der Waals surface area contributed by atoms with Crippen LogP contribution in [0.5, 0.6) is 0 Å². The predicted molar refractivity (Wildman–Crippen MR) is 71.3 cm³/mol. The molecule has 20 heavy (non-hydrogen) atoms. The maximum Gasteiger partial charge on any atom is 0.254 e. The van der Waals surface area contributed by atoms with Crippen molar-refractivity contribution in [1.29, 1.82) is 0 Å². The van der Waals surface area contributed by atoms with E-state index in [0.29, 0.717) is 0 Å². The third kappa shape index (κ3) is 3.54. The van der Waals surface area contributed by atoms with Crippen molar-refractivity contribution in [2.45, 2.75) is 38.1 Å². The van der Waals surface area contributed by atoms with Crippen LogP contribution in [0.3, 0.4) is 0 Å². The number of amides is 1. The van der Waals surface area contributed by atoms with Gasteiger partial charge in [0, 0.05) is 18.6 Å². The molecule has 2 atom stereocenters. The highest BCUT2D eigenvalue weighted by Crippen LogP contribution is 2.23. The SMILES string of the molecule is O=C(NC1CCCCCC1CO)c1cc(F)ccc1F. The molecule has 0 radical (unpaired) electrons. The number of nitrogens with one attached hydrogen (secondary N) is 1. The van der Waals surface area contributed by atoms with E-state index in [-0.39, 0.29) is 24.1 Å². The zero-order chi connectivity index (χ0) is 14.5. The summed E-state index contributed by atoms with van der Waals surface area (Å²) in [5.41, 5.74) is -0.286. The Morgan fingerprint density at radius 2 is 2.00 bits per heavy atom. The molecule has 3 nitrogen and oxygen atoms in total. The molecule has 2 unspecified atom stereocenters. The lowest BCUT2D eigenvalue weighted by molar-refractivity contribution is 0.0895. The lowest BCUT2D eigenvalue weighted by atomic mass is 9.95. The number of benzene rings is 1. The van der Waals surface area contributed by atoms with E-state index in [1.807, 2.05) is 0 Å². The van der Waals surface area contributed by atoms with Gasteiger partial charge in [0.2, 0.25) is 0 Å². The molecule has 1 aliphatic carbocycles. The normalized spacial score (nSPS) is 23.1. The van der Waals surface area contributed by atoms with Crippen LogP contribution < -0.4 is 5.32 Å². The minimum atomic E-state index is -0.738. The quantitative estimate of drug-likeness (QED) is 0.838. The second-order valence-corrected chi connectivity index (χ2v) is 5.28. The van der Waals surface area contributed by atoms with E-state index < -0.39 is 17.5 Å². The van der Waals surface area contributed by atoms with Crippen LogP contribution in [0.15, 0.2) is 18.2 Å². The molecule has 1 amide bonds. The first-order valence-electron chi connectivity index (χ1n) is 6.98. The molecule has 1 saturated carbocycles. The van der Waals surface area contributed by atoms with Crippen LogP contribution in [0.4, 0.5) is 8.78 Å². The van der Waals surface area contributed by atoms with E-state index in [1.165, 1.54) is 0 Å². The molecule has 2 rings (SSSR count). The van der Waals surface area contributed by atoms with Gasteiger partial charge in [-0.25, -0.2) is 8.78 Å². The van der Waals surface area contributed by atoms with E-state index in [9.17, 15) is 18.7 Å². The summed E-state index contributed by atoms with van der Waals surface area (Å²) in [6.07, 6.45) is 4.65. The second kappa shape index (κ2) is 6.79. The van der Waals surface area contributed by atoms with Crippen molar-refractivity contribution < 1.29 is 18.7 Å². The molecule has 5 heteroatoms. The lowest BCUT2D eigenvalue weighted by Gasteiger charge is -2.24. The number of carbonyl (C=O) groups excluding carboxylic acids is 1. The zero-order valence-electron chi connectivity index (χ0n) is 11.2. The first kappa shape index (κ1) is 14.9. The maximum atomic E-state index is 13.6. The summed E-state index contributed by atoms with van der Waals surface area (Å²) in [5, 5.41) is 12.1. The van der Waals surface area contributed by atoms with Crippen molar-refractivity contribution in [2.75, 3.05) is 6.61 Å². The van der Waals surface area contributed by atoms with Gasteiger partial charge in [0.25, 0.3) is 5.91 Å². The summed E-state index contributed by atoms with van der Waals surface area (Å²) < 4.78 is 26.7. The van der Waals surface area contributed by atoms with Gasteiger partial charge in [-0.3, -0.25) is 4.79 Å². The number of rotatable bonds is 3. The van der Waals surface area contributed by atoms with Crippen LogP contribution in [0.2, 0.25) is 0 Å². The standard InChI is InChI=1S/C15H19F2NO2/c16-11-6-7-13(17)12(8-11)15(20)18-14-5-3-1-2-4-10(14)9-19/h6-8,10,14,19H,1-5,9H2,(H,18,20). The summed E-state index contributed by atoms with van der Waals surface area (Å²) in [6, 6.07) is 2.64. The Labute approximate surface area is 117 Å². The molecule has 0 heterocycles. The predicted octanol–water partition coefficient (Wildman–Crippen LogP) is 2.64. The molecule has 0 bridgehead atoms. The molecule has 0 aromatic heterocycles. The van der Waals surface area contributed by atoms with Gasteiger partial charge in [0.1, 0.15) is 11.6 Å². The van der Waals surface area contributed by atoms with E-state index in [4.69, 9.17) is 0 Å². The van der Waals surface area contributed by atoms with Crippen molar-refractivity contribution >= 4 is 5.91 Å². The average Bonchev–Trinajstić information content (AvgIpc) is 2.66. The van der Waals surface area contributed by atoms with Gasteiger partial charge >= 0.3 is 0 Å². The molecule has 0 spiro atoms. The molecule has 110 valence electrons. The molecule has 1 aromatic rings. The Hall–Kier alpha value is -1.49. The third-order valence-corrected chi connectivity index (χ3v) is 3.88. The van der Waals surface area contributed by atoms with Crippen LogP contribution >= 0.6 is 0 Å². The zero-order valence-corrected chi connectivity index (χ0v) is 11.2. The van der Waals surface area contributed by atoms with Crippen molar-refractivity contribution in [2.24, 2.45) is 5.92 Å².